The predicted molar refractivity (Wildman–Crippen MR) is 57.0 cm³/mol. The van der Waals surface area contributed by atoms with Crippen molar-refractivity contribution >= 4 is 11.0 Å². The number of nitrogens with one attached hydrogen (secondary N) is 3. The lowest BCUT2D eigenvalue weighted by atomic mass is 10.1. The zero-order chi connectivity index (χ0) is 9.97. The van der Waals surface area contributed by atoms with Crippen LogP contribution >= 0.6 is 0 Å². The largest absolute Gasteiger partial charge is 0.345 e. The Balaban J connectivity index is 2.42. The summed E-state index contributed by atoms with van der Waals surface area (Å²) in [5.74, 6) is 0. The van der Waals surface area contributed by atoms with E-state index in [-0.39, 0.29) is 6.17 Å². The van der Waals surface area contributed by atoms with E-state index < -0.39 is 0 Å². The Labute approximate surface area is 82.7 Å². The third kappa shape index (κ3) is 1.49. The second-order valence-corrected chi connectivity index (χ2v) is 3.19. The maximum atomic E-state index is 4.17. The minimum atomic E-state index is 0.183. The van der Waals surface area contributed by atoms with E-state index in [4.69, 9.17) is 0 Å². The Morgan fingerprint density at radius 1 is 1.29 bits per heavy atom. The molecular formula is C10H14N4. The molecule has 0 unspecified atom stereocenters. The third-order valence-electron chi connectivity index (χ3n) is 2.35. The zero-order valence-corrected chi connectivity index (χ0v) is 8.33. The minimum Gasteiger partial charge on any atom is -0.345 e. The summed E-state index contributed by atoms with van der Waals surface area (Å²) < 4.78 is 0. The first-order valence-corrected chi connectivity index (χ1v) is 4.62. The van der Waals surface area contributed by atoms with Gasteiger partial charge >= 0.3 is 0 Å². The molecule has 3 N–H and O–H groups in total. The molecule has 0 aliphatic heterocycles. The fourth-order valence-electron chi connectivity index (χ4n) is 1.61. The zero-order valence-electron chi connectivity index (χ0n) is 8.33. The third-order valence-corrected chi connectivity index (χ3v) is 2.35. The van der Waals surface area contributed by atoms with Crippen molar-refractivity contribution in [2.75, 3.05) is 14.1 Å². The number of aromatic amines is 1. The van der Waals surface area contributed by atoms with Gasteiger partial charge in [0.05, 0.1) is 23.5 Å². The van der Waals surface area contributed by atoms with Gasteiger partial charge in [0.1, 0.15) is 0 Å². The number of hydrogen-bond acceptors (Lipinski definition) is 3. The molecule has 0 spiro atoms. The number of nitrogens with zero attached hydrogens (tertiary/aromatic N) is 1. The smallest absolute Gasteiger partial charge is 0.0931 e. The summed E-state index contributed by atoms with van der Waals surface area (Å²) >= 11 is 0. The van der Waals surface area contributed by atoms with Crippen LogP contribution in [0.1, 0.15) is 11.7 Å². The minimum absolute atomic E-state index is 0.183. The average molecular weight is 190 g/mol. The summed E-state index contributed by atoms with van der Waals surface area (Å²) in [5.41, 5.74) is 3.27. The van der Waals surface area contributed by atoms with Crippen LogP contribution in [0.5, 0.6) is 0 Å². The van der Waals surface area contributed by atoms with Crippen LogP contribution in [0.2, 0.25) is 0 Å². The molecule has 1 aromatic heterocycles. The number of H-pyrrole nitrogens is 1. The molecule has 0 aliphatic rings. The van der Waals surface area contributed by atoms with Gasteiger partial charge in [-0.05, 0) is 31.8 Å². The molecule has 2 aromatic rings. The van der Waals surface area contributed by atoms with Crippen LogP contribution in [0, 0.1) is 0 Å². The van der Waals surface area contributed by atoms with E-state index >= 15 is 0 Å². The Bertz CT molecular complexity index is 417. The Kier molecular flexibility index (Phi) is 2.47. The molecule has 0 saturated carbocycles. The summed E-state index contributed by atoms with van der Waals surface area (Å²) in [7, 11) is 3.86. The highest BCUT2D eigenvalue weighted by molar-refractivity contribution is 5.75. The molecule has 0 bridgehead atoms. The number of imidazole rings is 1. The van der Waals surface area contributed by atoms with Crippen molar-refractivity contribution in [1.29, 1.82) is 0 Å². The van der Waals surface area contributed by atoms with E-state index in [1.54, 1.807) is 6.33 Å². The van der Waals surface area contributed by atoms with Crippen LogP contribution in [0.4, 0.5) is 0 Å². The first-order valence-electron chi connectivity index (χ1n) is 4.62. The molecular weight excluding hydrogens is 176 g/mol. The van der Waals surface area contributed by atoms with E-state index in [2.05, 4.69) is 32.7 Å². The topological polar surface area (TPSA) is 52.7 Å². The SMILES string of the molecule is CNC(NC)c1ccc2nc[nH]c2c1. The molecule has 0 amide bonds. The molecule has 74 valence electrons. The normalized spacial score (nSPS) is 11.4. The number of rotatable bonds is 3. The quantitative estimate of drug-likeness (QED) is 0.633. The lowest BCUT2D eigenvalue weighted by Crippen LogP contribution is -2.28. The van der Waals surface area contributed by atoms with Crippen molar-refractivity contribution in [3.63, 3.8) is 0 Å². The lowest BCUT2D eigenvalue weighted by molar-refractivity contribution is 0.520. The fraction of sp³-hybridized carbons (Fsp3) is 0.300. The molecule has 4 heteroatoms. The highest BCUT2D eigenvalue weighted by atomic mass is 15.1. The van der Waals surface area contributed by atoms with Gasteiger partial charge in [-0.3, -0.25) is 0 Å². The van der Waals surface area contributed by atoms with Crippen LogP contribution in [0.25, 0.3) is 11.0 Å². The van der Waals surface area contributed by atoms with E-state index in [1.807, 2.05) is 20.2 Å². The molecule has 14 heavy (non-hydrogen) atoms. The van der Waals surface area contributed by atoms with Gasteiger partial charge in [0, 0.05) is 0 Å². The van der Waals surface area contributed by atoms with Gasteiger partial charge in [0.15, 0.2) is 0 Å². The molecule has 2 rings (SSSR count). The molecule has 0 fully saturated rings. The second kappa shape index (κ2) is 3.77. The molecule has 4 nitrogen and oxygen atoms in total. The van der Waals surface area contributed by atoms with Gasteiger partial charge in [0.25, 0.3) is 0 Å². The monoisotopic (exact) mass is 190 g/mol. The first kappa shape index (κ1) is 9.18. The average Bonchev–Trinajstić information content (AvgIpc) is 2.66. The van der Waals surface area contributed by atoms with Crippen molar-refractivity contribution in [3.05, 3.63) is 30.1 Å². The molecule has 0 saturated heterocycles. The fourth-order valence-corrected chi connectivity index (χ4v) is 1.61. The molecule has 0 radical (unpaired) electrons. The van der Waals surface area contributed by atoms with E-state index in [0.717, 1.165) is 11.0 Å². The highest BCUT2D eigenvalue weighted by Crippen LogP contribution is 2.15. The van der Waals surface area contributed by atoms with Gasteiger partial charge in [-0.15, -0.1) is 0 Å². The number of aromatic nitrogens is 2. The van der Waals surface area contributed by atoms with Gasteiger partial charge in [-0.2, -0.15) is 0 Å². The Morgan fingerprint density at radius 2 is 2.07 bits per heavy atom. The number of hydrogen-bond donors (Lipinski definition) is 3. The van der Waals surface area contributed by atoms with Crippen LogP contribution < -0.4 is 10.6 Å². The highest BCUT2D eigenvalue weighted by Gasteiger charge is 2.06. The Hall–Kier alpha value is -1.39. The van der Waals surface area contributed by atoms with Crippen molar-refractivity contribution in [1.82, 2.24) is 20.6 Å². The molecule has 0 aliphatic carbocycles. The van der Waals surface area contributed by atoms with Crippen molar-refractivity contribution < 1.29 is 0 Å². The van der Waals surface area contributed by atoms with Crippen LogP contribution in [-0.4, -0.2) is 24.1 Å². The van der Waals surface area contributed by atoms with Gasteiger partial charge in [-0.1, -0.05) is 6.07 Å². The maximum Gasteiger partial charge on any atom is 0.0931 e. The van der Waals surface area contributed by atoms with Gasteiger partial charge in [0.2, 0.25) is 0 Å². The summed E-state index contributed by atoms with van der Waals surface area (Å²) in [4.78, 5) is 7.27. The van der Waals surface area contributed by atoms with Crippen molar-refractivity contribution in [3.8, 4) is 0 Å². The van der Waals surface area contributed by atoms with Crippen LogP contribution in [-0.2, 0) is 0 Å². The molecule has 1 heterocycles. The molecule has 0 atom stereocenters. The summed E-state index contributed by atoms with van der Waals surface area (Å²) in [6.07, 6.45) is 1.89. The predicted octanol–water partition coefficient (Wildman–Crippen LogP) is 1.00. The molecule has 1 aromatic carbocycles. The van der Waals surface area contributed by atoms with Crippen LogP contribution in [0.3, 0.4) is 0 Å². The summed E-state index contributed by atoms with van der Waals surface area (Å²) in [6, 6.07) is 6.18. The maximum absolute atomic E-state index is 4.17. The van der Waals surface area contributed by atoms with Gasteiger partial charge < -0.3 is 15.6 Å². The van der Waals surface area contributed by atoms with Gasteiger partial charge in [-0.25, -0.2) is 4.98 Å². The van der Waals surface area contributed by atoms with Crippen molar-refractivity contribution in [2.24, 2.45) is 0 Å². The summed E-state index contributed by atoms with van der Waals surface area (Å²) in [6.45, 7) is 0. The second-order valence-electron chi connectivity index (χ2n) is 3.19. The standard InChI is InChI=1S/C10H14N4/c1-11-10(12-2)7-3-4-8-9(5-7)14-6-13-8/h3-6,10-12H,1-2H3,(H,13,14). The number of benzene rings is 1. The van der Waals surface area contributed by atoms with E-state index in [0.29, 0.717) is 0 Å². The first-order chi connectivity index (χ1) is 6.85. The number of fused-ring (bicyclic) bond motifs is 1. The van der Waals surface area contributed by atoms with E-state index in [1.165, 1.54) is 5.56 Å². The lowest BCUT2D eigenvalue weighted by Gasteiger charge is -2.15. The van der Waals surface area contributed by atoms with Crippen molar-refractivity contribution in [2.45, 2.75) is 6.17 Å². The summed E-state index contributed by atoms with van der Waals surface area (Å²) in [5, 5.41) is 6.36. The Morgan fingerprint density at radius 3 is 2.79 bits per heavy atom. The van der Waals surface area contributed by atoms with E-state index in [9.17, 15) is 0 Å². The van der Waals surface area contributed by atoms with Crippen LogP contribution in [0.15, 0.2) is 24.5 Å².